The molecule has 0 spiro atoms. The molecule has 2 aromatic heterocycles. The molecule has 13 heteroatoms. The van der Waals surface area contributed by atoms with Crippen molar-refractivity contribution < 1.29 is 38.3 Å². The van der Waals surface area contributed by atoms with Crippen LogP contribution >= 0.6 is 11.8 Å². The molecule has 1 aliphatic rings. The van der Waals surface area contributed by atoms with Crippen molar-refractivity contribution in [2.24, 2.45) is 0 Å². The van der Waals surface area contributed by atoms with Crippen molar-refractivity contribution in [2.45, 2.75) is 34.7 Å². The van der Waals surface area contributed by atoms with Crippen LogP contribution in [0.3, 0.4) is 0 Å². The molecule has 170 valence electrons. The smallest absolute Gasteiger partial charge is 0.194 e. The summed E-state index contributed by atoms with van der Waals surface area (Å²) in [4.78, 5) is 4.11. The monoisotopic (exact) mass is 470 g/mol. The molecule has 4 N–H and O–H groups in total. The number of aromatic hydroxyl groups is 1. The first-order chi connectivity index (χ1) is 15.3. The zero-order valence-electron chi connectivity index (χ0n) is 16.1. The van der Waals surface area contributed by atoms with E-state index in [-0.39, 0.29) is 17.0 Å². The zero-order chi connectivity index (χ0) is 23.0. The van der Waals surface area contributed by atoms with Crippen molar-refractivity contribution >= 4 is 11.8 Å². The Hall–Kier alpha value is -2.71. The van der Waals surface area contributed by atoms with Crippen molar-refractivity contribution in [3.05, 3.63) is 54.2 Å². The number of nitrogens with zero attached hydrogens (tertiary/aromatic N) is 4. The third kappa shape index (κ3) is 4.17. The summed E-state index contributed by atoms with van der Waals surface area (Å²) in [5.41, 5.74) is -1.18. The van der Waals surface area contributed by atoms with Gasteiger partial charge in [-0.3, -0.25) is 4.98 Å². The Labute approximate surface area is 183 Å². The zero-order valence-corrected chi connectivity index (χ0v) is 16.9. The minimum atomic E-state index is -1.62. The van der Waals surface area contributed by atoms with Crippen LogP contribution in [-0.2, 0) is 4.74 Å². The lowest BCUT2D eigenvalue weighted by atomic mass is 9.97. The van der Waals surface area contributed by atoms with E-state index in [4.69, 9.17) is 4.74 Å². The number of aromatic nitrogens is 4. The van der Waals surface area contributed by atoms with Gasteiger partial charge in [-0.15, -0.1) is 5.10 Å². The fourth-order valence-corrected chi connectivity index (χ4v) is 4.40. The molecule has 1 fully saturated rings. The number of hydrogen-bond acceptors (Lipinski definition) is 9. The molecule has 0 amide bonds. The van der Waals surface area contributed by atoms with E-state index in [1.54, 1.807) is 0 Å². The second kappa shape index (κ2) is 9.03. The van der Waals surface area contributed by atoms with Gasteiger partial charge in [0, 0.05) is 11.8 Å². The van der Waals surface area contributed by atoms with Gasteiger partial charge in [-0.05, 0) is 18.2 Å². The molecule has 3 aromatic rings. The van der Waals surface area contributed by atoms with Gasteiger partial charge in [0.1, 0.15) is 41.2 Å². The minimum absolute atomic E-state index is 0.0368. The molecule has 0 radical (unpaired) electrons. The van der Waals surface area contributed by atoms with Crippen LogP contribution in [0.1, 0.15) is 6.04 Å². The van der Waals surface area contributed by atoms with E-state index >= 15 is 0 Å². The normalized spacial score (nSPS) is 25.8. The standard InChI is InChI=1S/C19H17F3N4O5S/c20-9-3-8(4-10(21)15(9)22)11-6-26(25-24-11)16-17(29)13(7-27)31-19(18(16)30)32-14-1-2-23-5-12(14)28/h1-6,13,16-19,27-30H,7H2/t13-,16+,17+,18-,19-/m1/s1. The fourth-order valence-electron chi connectivity index (χ4n) is 3.33. The van der Waals surface area contributed by atoms with Crippen LogP contribution in [0.5, 0.6) is 5.75 Å². The maximum atomic E-state index is 13.6. The third-order valence-electron chi connectivity index (χ3n) is 4.95. The van der Waals surface area contributed by atoms with E-state index in [9.17, 15) is 33.6 Å². The summed E-state index contributed by atoms with van der Waals surface area (Å²) in [6.07, 6.45) is -0.0845. The number of thioether (sulfide) groups is 1. The van der Waals surface area contributed by atoms with Gasteiger partial charge >= 0.3 is 0 Å². The number of halogens is 3. The molecule has 32 heavy (non-hydrogen) atoms. The van der Waals surface area contributed by atoms with Crippen LogP contribution < -0.4 is 0 Å². The van der Waals surface area contributed by atoms with Gasteiger partial charge in [-0.25, -0.2) is 17.9 Å². The molecular weight excluding hydrogens is 453 g/mol. The van der Waals surface area contributed by atoms with E-state index in [0.717, 1.165) is 28.6 Å². The number of pyridine rings is 1. The Morgan fingerprint density at radius 2 is 1.84 bits per heavy atom. The van der Waals surface area contributed by atoms with Crippen molar-refractivity contribution in [2.75, 3.05) is 6.61 Å². The maximum Gasteiger partial charge on any atom is 0.194 e. The summed E-state index contributed by atoms with van der Waals surface area (Å²) in [6, 6.07) is 1.81. The average molecular weight is 470 g/mol. The Bertz CT molecular complexity index is 1100. The topological polar surface area (TPSA) is 134 Å². The quantitative estimate of drug-likeness (QED) is 0.406. The largest absolute Gasteiger partial charge is 0.505 e. The Morgan fingerprint density at radius 3 is 2.50 bits per heavy atom. The average Bonchev–Trinajstić information content (AvgIpc) is 3.25. The van der Waals surface area contributed by atoms with Crippen LogP contribution in [0, 0.1) is 17.5 Å². The highest BCUT2D eigenvalue weighted by molar-refractivity contribution is 8.00. The molecule has 9 nitrogen and oxygen atoms in total. The first-order valence-electron chi connectivity index (χ1n) is 9.29. The van der Waals surface area contributed by atoms with Crippen molar-refractivity contribution in [3.8, 4) is 17.0 Å². The lowest BCUT2D eigenvalue weighted by Crippen LogP contribution is -2.55. The van der Waals surface area contributed by atoms with Crippen molar-refractivity contribution in [3.63, 3.8) is 0 Å². The summed E-state index contributed by atoms with van der Waals surface area (Å²) in [6.45, 7) is -0.584. The van der Waals surface area contributed by atoms with E-state index < -0.39 is 53.8 Å². The molecule has 3 heterocycles. The van der Waals surface area contributed by atoms with Gasteiger partial charge in [0.25, 0.3) is 0 Å². The lowest BCUT2D eigenvalue weighted by molar-refractivity contribution is -0.178. The molecule has 1 saturated heterocycles. The summed E-state index contributed by atoms with van der Waals surface area (Å²) < 4.78 is 47.1. The second-order valence-corrected chi connectivity index (χ2v) is 8.14. The SMILES string of the molecule is OC[C@H]1O[C@H](Sc2ccncc2O)[C@H](O)[C@@H](n2cc(-c3cc(F)c(F)c(F)c3)nn2)[C@H]1O. The van der Waals surface area contributed by atoms with Crippen LogP contribution in [0.2, 0.25) is 0 Å². The molecule has 4 rings (SSSR count). The van der Waals surface area contributed by atoms with Crippen LogP contribution in [0.4, 0.5) is 13.2 Å². The molecular formula is C19H17F3N4O5S. The minimum Gasteiger partial charge on any atom is -0.505 e. The van der Waals surface area contributed by atoms with Gasteiger partial charge in [-0.1, -0.05) is 17.0 Å². The van der Waals surface area contributed by atoms with Crippen molar-refractivity contribution in [1.29, 1.82) is 0 Å². The first kappa shape index (κ1) is 22.5. The molecule has 0 saturated carbocycles. The van der Waals surface area contributed by atoms with Crippen molar-refractivity contribution in [1.82, 2.24) is 20.0 Å². The number of benzene rings is 1. The number of ether oxygens (including phenoxy) is 1. The van der Waals surface area contributed by atoms with Crippen LogP contribution in [0.15, 0.2) is 41.7 Å². The molecule has 0 unspecified atom stereocenters. The highest BCUT2D eigenvalue weighted by Crippen LogP contribution is 2.40. The van der Waals surface area contributed by atoms with Gasteiger partial charge in [-0.2, -0.15) is 0 Å². The van der Waals surface area contributed by atoms with E-state index in [0.29, 0.717) is 4.90 Å². The van der Waals surface area contributed by atoms with Gasteiger partial charge in [0.15, 0.2) is 17.5 Å². The van der Waals surface area contributed by atoms with Crippen LogP contribution in [-0.4, -0.2) is 70.8 Å². The highest BCUT2D eigenvalue weighted by atomic mass is 32.2. The van der Waals surface area contributed by atoms with E-state index in [2.05, 4.69) is 15.3 Å². The maximum absolute atomic E-state index is 13.6. The summed E-state index contributed by atoms with van der Waals surface area (Å²) in [5, 5.41) is 48.7. The fraction of sp³-hybridized carbons (Fsp3) is 0.316. The van der Waals surface area contributed by atoms with E-state index in [1.165, 1.54) is 24.7 Å². The molecule has 1 aromatic carbocycles. The van der Waals surface area contributed by atoms with E-state index in [1.807, 2.05) is 0 Å². The third-order valence-corrected chi connectivity index (χ3v) is 6.17. The summed E-state index contributed by atoms with van der Waals surface area (Å²) in [5.74, 6) is -4.59. The first-order valence-corrected chi connectivity index (χ1v) is 10.2. The predicted octanol–water partition coefficient (Wildman–Crippen LogP) is 1.24. The number of aliphatic hydroxyl groups excluding tert-OH is 3. The second-order valence-electron chi connectivity index (χ2n) is 7.00. The number of rotatable bonds is 5. The number of aliphatic hydroxyl groups is 3. The molecule has 0 aliphatic carbocycles. The molecule has 0 bridgehead atoms. The van der Waals surface area contributed by atoms with Gasteiger partial charge in [0.2, 0.25) is 0 Å². The Kier molecular flexibility index (Phi) is 6.35. The van der Waals surface area contributed by atoms with Gasteiger partial charge < -0.3 is 25.2 Å². The van der Waals surface area contributed by atoms with Gasteiger partial charge in [0.05, 0.1) is 23.9 Å². The Morgan fingerprint density at radius 1 is 1.12 bits per heavy atom. The molecule has 5 atom stereocenters. The Balaban J connectivity index is 1.65. The highest BCUT2D eigenvalue weighted by Gasteiger charge is 2.46. The lowest BCUT2D eigenvalue weighted by Gasteiger charge is -2.41. The summed E-state index contributed by atoms with van der Waals surface area (Å²) >= 11 is 0.941. The van der Waals surface area contributed by atoms with Crippen LogP contribution in [0.25, 0.3) is 11.3 Å². The predicted molar refractivity (Wildman–Crippen MR) is 104 cm³/mol. The molecule has 1 aliphatic heterocycles. The number of hydrogen-bond donors (Lipinski definition) is 4. The summed E-state index contributed by atoms with van der Waals surface area (Å²) in [7, 11) is 0.